The molecule has 1 aliphatic heterocycles. The molecule has 1 aromatic carbocycles. The summed E-state index contributed by atoms with van der Waals surface area (Å²) in [4.78, 5) is 14.7. The fourth-order valence-corrected chi connectivity index (χ4v) is 5.19. The molecule has 0 unspecified atom stereocenters. The fourth-order valence-electron chi connectivity index (χ4n) is 3.26. The molecule has 0 bridgehead atoms. The van der Waals surface area contributed by atoms with E-state index in [9.17, 15) is 13.2 Å². The van der Waals surface area contributed by atoms with Crippen LogP contribution in [0.4, 0.5) is 0 Å². The minimum absolute atomic E-state index is 0.0436. The lowest BCUT2D eigenvalue weighted by molar-refractivity contribution is -0.132. The van der Waals surface area contributed by atoms with E-state index in [2.05, 4.69) is 5.32 Å². The minimum Gasteiger partial charge on any atom is -0.339 e. The van der Waals surface area contributed by atoms with E-state index in [1.165, 1.54) is 4.31 Å². The van der Waals surface area contributed by atoms with Crippen molar-refractivity contribution in [1.82, 2.24) is 14.5 Å². The van der Waals surface area contributed by atoms with Crippen LogP contribution in [0.5, 0.6) is 0 Å². The van der Waals surface area contributed by atoms with Crippen molar-refractivity contribution in [3.63, 3.8) is 0 Å². The van der Waals surface area contributed by atoms with Crippen LogP contribution in [0.2, 0.25) is 0 Å². The van der Waals surface area contributed by atoms with Crippen LogP contribution in [0.1, 0.15) is 29.5 Å². The first-order valence-electron chi connectivity index (χ1n) is 8.89. The van der Waals surface area contributed by atoms with Crippen molar-refractivity contribution in [3.8, 4) is 0 Å². The summed E-state index contributed by atoms with van der Waals surface area (Å²) < 4.78 is 27.9. The van der Waals surface area contributed by atoms with Crippen molar-refractivity contribution in [1.29, 1.82) is 0 Å². The van der Waals surface area contributed by atoms with Gasteiger partial charge in [-0.15, -0.1) is 0 Å². The van der Waals surface area contributed by atoms with Crippen molar-refractivity contribution in [2.24, 2.45) is 0 Å². The largest absolute Gasteiger partial charge is 0.339 e. The van der Waals surface area contributed by atoms with Gasteiger partial charge in [0.05, 0.1) is 11.4 Å². The molecule has 1 amide bonds. The van der Waals surface area contributed by atoms with E-state index in [0.29, 0.717) is 18.0 Å². The molecule has 2 fully saturated rings. The Hall–Kier alpha value is -1.44. The van der Waals surface area contributed by atoms with Gasteiger partial charge in [0.25, 0.3) is 0 Å². The highest BCUT2D eigenvalue weighted by Crippen LogP contribution is 2.33. The van der Waals surface area contributed by atoms with Gasteiger partial charge < -0.3 is 10.2 Å². The third-order valence-electron chi connectivity index (χ3n) is 5.09. The molecular weight excluding hydrogens is 338 g/mol. The maximum atomic E-state index is 13.3. The molecule has 2 aliphatic rings. The number of hydrogen-bond acceptors (Lipinski definition) is 4. The molecule has 6 nitrogen and oxygen atoms in total. The summed E-state index contributed by atoms with van der Waals surface area (Å²) in [5.41, 5.74) is 2.77. The predicted molar refractivity (Wildman–Crippen MR) is 97.0 cm³/mol. The van der Waals surface area contributed by atoms with E-state index >= 15 is 0 Å². The monoisotopic (exact) mass is 365 g/mol. The predicted octanol–water partition coefficient (Wildman–Crippen LogP) is 1.20. The van der Waals surface area contributed by atoms with Gasteiger partial charge in [0, 0.05) is 32.2 Å². The summed E-state index contributed by atoms with van der Waals surface area (Å²) in [7, 11) is -3.67. The highest BCUT2D eigenvalue weighted by Gasteiger charge is 2.40. The lowest BCUT2D eigenvalue weighted by Crippen LogP contribution is -2.50. The number of carbonyl (C=O) groups is 1. The Morgan fingerprint density at radius 3 is 2.32 bits per heavy atom. The van der Waals surface area contributed by atoms with E-state index in [-0.39, 0.29) is 18.5 Å². The molecule has 1 saturated carbocycles. The molecule has 0 spiro atoms. The van der Waals surface area contributed by atoms with Crippen molar-refractivity contribution in [3.05, 3.63) is 28.8 Å². The summed E-state index contributed by atoms with van der Waals surface area (Å²) in [6, 6.07) is 3.61. The summed E-state index contributed by atoms with van der Waals surface area (Å²) in [6.45, 7) is 8.46. The Morgan fingerprint density at radius 1 is 1.12 bits per heavy atom. The number of sulfonamides is 1. The standard InChI is InChI=1S/C18H27N3O3S/c1-13-10-15(3)17(11-14(13)2)25(23,24)21(16-4-5-16)12-18(22)20-8-6-19-7-9-20/h10-11,16,19H,4-9,12H2,1-3H3. The van der Waals surface area contributed by atoms with E-state index in [0.717, 1.165) is 42.6 Å². The van der Waals surface area contributed by atoms with Gasteiger partial charge in [0.1, 0.15) is 0 Å². The number of hydrogen-bond donors (Lipinski definition) is 1. The summed E-state index contributed by atoms with van der Waals surface area (Å²) in [5, 5.41) is 3.21. The van der Waals surface area contributed by atoms with E-state index in [1.807, 2.05) is 26.8 Å². The third-order valence-corrected chi connectivity index (χ3v) is 7.13. The third kappa shape index (κ3) is 3.88. The first-order valence-corrected chi connectivity index (χ1v) is 10.3. The highest BCUT2D eigenvalue weighted by atomic mass is 32.2. The molecule has 1 saturated heterocycles. The quantitative estimate of drug-likeness (QED) is 0.851. The molecule has 25 heavy (non-hydrogen) atoms. The average molecular weight is 365 g/mol. The smallest absolute Gasteiger partial charge is 0.244 e. The van der Waals surface area contributed by atoms with Crippen LogP contribution in [0.3, 0.4) is 0 Å². The summed E-state index contributed by atoms with van der Waals surface area (Å²) >= 11 is 0. The Balaban J connectivity index is 1.87. The summed E-state index contributed by atoms with van der Waals surface area (Å²) in [5.74, 6) is -0.0986. The van der Waals surface area contributed by atoms with Gasteiger partial charge in [-0.25, -0.2) is 8.42 Å². The maximum absolute atomic E-state index is 13.3. The van der Waals surface area contributed by atoms with Crippen LogP contribution in [0, 0.1) is 20.8 Å². The molecule has 1 aliphatic carbocycles. The van der Waals surface area contributed by atoms with Crippen molar-refractivity contribution >= 4 is 15.9 Å². The second kappa shape index (κ2) is 7.05. The number of aryl methyl sites for hydroxylation is 3. The summed E-state index contributed by atoms with van der Waals surface area (Å²) in [6.07, 6.45) is 1.66. The number of rotatable bonds is 5. The minimum atomic E-state index is -3.67. The first-order chi connectivity index (χ1) is 11.8. The SMILES string of the molecule is Cc1cc(C)c(S(=O)(=O)N(CC(=O)N2CCNCC2)C2CC2)cc1C. The van der Waals surface area contributed by atoms with E-state index in [1.54, 1.807) is 11.0 Å². The number of amides is 1. The second-order valence-corrected chi connectivity index (χ2v) is 8.97. The maximum Gasteiger partial charge on any atom is 0.244 e. The molecule has 0 radical (unpaired) electrons. The van der Waals surface area contributed by atoms with Gasteiger partial charge in [0.15, 0.2) is 0 Å². The van der Waals surface area contributed by atoms with Crippen LogP contribution >= 0.6 is 0 Å². The van der Waals surface area contributed by atoms with Crippen LogP contribution < -0.4 is 5.32 Å². The Labute approximate surface area is 150 Å². The molecule has 0 atom stereocenters. The molecule has 1 heterocycles. The van der Waals surface area contributed by atoms with Crippen molar-refractivity contribution in [2.45, 2.75) is 44.6 Å². The fraction of sp³-hybridized carbons (Fsp3) is 0.611. The van der Waals surface area contributed by atoms with E-state index in [4.69, 9.17) is 0 Å². The molecular formula is C18H27N3O3S. The molecule has 0 aromatic heterocycles. The number of benzene rings is 1. The number of carbonyl (C=O) groups excluding carboxylic acids is 1. The molecule has 1 N–H and O–H groups in total. The molecule has 1 aromatic rings. The number of piperazine rings is 1. The highest BCUT2D eigenvalue weighted by molar-refractivity contribution is 7.89. The second-order valence-electron chi connectivity index (χ2n) is 7.11. The lowest BCUT2D eigenvalue weighted by Gasteiger charge is -2.30. The molecule has 3 rings (SSSR count). The van der Waals surface area contributed by atoms with Gasteiger partial charge in [-0.1, -0.05) is 6.07 Å². The topological polar surface area (TPSA) is 69.7 Å². The van der Waals surface area contributed by atoms with Gasteiger partial charge in [-0.3, -0.25) is 4.79 Å². The zero-order chi connectivity index (χ0) is 18.2. The van der Waals surface area contributed by atoms with Crippen LogP contribution in [-0.2, 0) is 14.8 Å². The van der Waals surface area contributed by atoms with Gasteiger partial charge in [0.2, 0.25) is 15.9 Å². The van der Waals surface area contributed by atoms with Gasteiger partial charge in [-0.05, 0) is 56.4 Å². The molecule has 138 valence electrons. The van der Waals surface area contributed by atoms with Crippen molar-refractivity contribution < 1.29 is 13.2 Å². The lowest BCUT2D eigenvalue weighted by atomic mass is 10.1. The van der Waals surface area contributed by atoms with Gasteiger partial charge >= 0.3 is 0 Å². The molecule has 7 heteroatoms. The van der Waals surface area contributed by atoms with Gasteiger partial charge in [-0.2, -0.15) is 4.31 Å². The number of nitrogens with one attached hydrogen (secondary N) is 1. The number of nitrogens with zero attached hydrogens (tertiary/aromatic N) is 2. The van der Waals surface area contributed by atoms with Crippen LogP contribution in [0.15, 0.2) is 17.0 Å². The Bertz CT molecular complexity index is 766. The normalized spacial score (nSPS) is 18.6. The van der Waals surface area contributed by atoms with Crippen molar-refractivity contribution in [2.75, 3.05) is 32.7 Å². The Morgan fingerprint density at radius 2 is 1.72 bits per heavy atom. The Kier molecular flexibility index (Phi) is 5.18. The van der Waals surface area contributed by atoms with E-state index < -0.39 is 10.0 Å². The average Bonchev–Trinajstić information content (AvgIpc) is 3.41. The van der Waals surface area contributed by atoms with Crippen LogP contribution in [-0.4, -0.2) is 62.3 Å². The first kappa shape index (κ1) is 18.4. The zero-order valence-electron chi connectivity index (χ0n) is 15.2. The van der Waals surface area contributed by atoms with Crippen LogP contribution in [0.25, 0.3) is 0 Å². The zero-order valence-corrected chi connectivity index (χ0v) is 16.0.